The second-order valence-corrected chi connectivity index (χ2v) is 6.34. The van der Waals surface area contributed by atoms with Gasteiger partial charge in [0.25, 0.3) is 10.0 Å². The van der Waals surface area contributed by atoms with E-state index in [2.05, 4.69) is 31.0 Å². The lowest BCUT2D eigenvalue weighted by Crippen LogP contribution is -2.13. The Hall–Kier alpha value is -1.60. The first-order valence-corrected chi connectivity index (χ1v) is 7.71. The molecule has 100 valence electrons. The molecule has 0 spiro atoms. The van der Waals surface area contributed by atoms with Crippen LogP contribution >= 0.6 is 15.9 Å². The highest BCUT2D eigenvalue weighted by molar-refractivity contribution is 9.10. The van der Waals surface area contributed by atoms with Crippen molar-refractivity contribution in [3.63, 3.8) is 0 Å². The molecule has 1 aromatic heterocycles. The van der Waals surface area contributed by atoms with E-state index in [4.69, 9.17) is 0 Å². The predicted octanol–water partition coefficient (Wildman–Crippen LogP) is 2.69. The zero-order valence-corrected chi connectivity index (χ0v) is 12.5. The first kappa shape index (κ1) is 13.8. The lowest BCUT2D eigenvalue weighted by atomic mass is 10.3. The Morgan fingerprint density at radius 2 is 2.00 bits per heavy atom. The van der Waals surface area contributed by atoms with Crippen molar-refractivity contribution in [3.8, 4) is 0 Å². The molecule has 0 amide bonds. The van der Waals surface area contributed by atoms with E-state index < -0.39 is 10.0 Å². The van der Waals surface area contributed by atoms with E-state index >= 15 is 0 Å². The first-order valence-electron chi connectivity index (χ1n) is 5.43. The summed E-state index contributed by atoms with van der Waals surface area (Å²) < 4.78 is 27.7. The van der Waals surface area contributed by atoms with Gasteiger partial charge >= 0.3 is 0 Å². The maximum Gasteiger partial charge on any atom is 0.262 e. The molecule has 0 saturated carbocycles. The lowest BCUT2D eigenvalue weighted by molar-refractivity contribution is 0.601. The predicted molar refractivity (Wildman–Crippen MR) is 78.7 cm³/mol. The summed E-state index contributed by atoms with van der Waals surface area (Å²) in [5.41, 5.74) is 0.497. The minimum Gasteiger partial charge on any atom is -0.373 e. The van der Waals surface area contributed by atoms with Crippen LogP contribution in [0.2, 0.25) is 0 Å². The molecule has 5 nitrogen and oxygen atoms in total. The topological polar surface area (TPSA) is 71.1 Å². The van der Waals surface area contributed by atoms with Gasteiger partial charge in [-0.2, -0.15) is 0 Å². The minimum absolute atomic E-state index is 0.159. The van der Waals surface area contributed by atoms with Gasteiger partial charge in [-0.15, -0.1) is 0 Å². The smallest absolute Gasteiger partial charge is 0.262 e. The van der Waals surface area contributed by atoms with Crippen molar-refractivity contribution in [3.05, 3.63) is 47.1 Å². The van der Waals surface area contributed by atoms with Gasteiger partial charge in [0.05, 0.1) is 4.90 Å². The summed E-state index contributed by atoms with van der Waals surface area (Å²) in [6.07, 6.45) is 1.45. The first-order chi connectivity index (χ1) is 9.01. The number of rotatable bonds is 4. The number of anilines is 2. The molecule has 2 rings (SSSR count). The largest absolute Gasteiger partial charge is 0.373 e. The molecule has 1 heterocycles. The van der Waals surface area contributed by atoms with Crippen LogP contribution in [0.1, 0.15) is 0 Å². The van der Waals surface area contributed by atoms with Crippen LogP contribution in [0, 0.1) is 0 Å². The second-order valence-electron chi connectivity index (χ2n) is 3.74. The highest BCUT2D eigenvalue weighted by Crippen LogP contribution is 2.20. The van der Waals surface area contributed by atoms with Gasteiger partial charge in [0.1, 0.15) is 5.82 Å². The third-order valence-electron chi connectivity index (χ3n) is 2.37. The summed E-state index contributed by atoms with van der Waals surface area (Å²) in [7, 11) is -1.93. The van der Waals surface area contributed by atoms with Gasteiger partial charge in [-0.1, -0.05) is 22.0 Å². The van der Waals surface area contributed by atoms with Gasteiger partial charge < -0.3 is 5.32 Å². The summed E-state index contributed by atoms with van der Waals surface area (Å²) in [5, 5.41) is 2.80. The van der Waals surface area contributed by atoms with Crippen LogP contribution in [0.4, 0.5) is 11.5 Å². The summed E-state index contributed by atoms with van der Waals surface area (Å²) in [6.45, 7) is 0. The zero-order chi connectivity index (χ0) is 13.9. The molecular formula is C12H12BrN3O2S. The van der Waals surface area contributed by atoms with Crippen LogP contribution in [0.25, 0.3) is 0 Å². The monoisotopic (exact) mass is 341 g/mol. The van der Waals surface area contributed by atoms with Crippen molar-refractivity contribution in [2.75, 3.05) is 17.1 Å². The Labute approximate surface area is 120 Å². The molecule has 0 saturated heterocycles. The summed E-state index contributed by atoms with van der Waals surface area (Å²) in [5.74, 6) is 0.497. The van der Waals surface area contributed by atoms with Gasteiger partial charge in [-0.25, -0.2) is 13.4 Å². The number of hydrogen-bond acceptors (Lipinski definition) is 4. The van der Waals surface area contributed by atoms with Gasteiger partial charge in [0.15, 0.2) is 0 Å². The molecule has 0 aliphatic carbocycles. The van der Waals surface area contributed by atoms with Crippen LogP contribution in [-0.2, 0) is 10.0 Å². The fourth-order valence-corrected chi connectivity index (χ4v) is 2.94. The van der Waals surface area contributed by atoms with E-state index in [9.17, 15) is 8.42 Å². The molecule has 0 aliphatic heterocycles. The number of pyridine rings is 1. The minimum atomic E-state index is -3.61. The quantitative estimate of drug-likeness (QED) is 0.896. The van der Waals surface area contributed by atoms with E-state index in [0.717, 1.165) is 4.47 Å². The van der Waals surface area contributed by atoms with E-state index in [0.29, 0.717) is 11.5 Å². The van der Waals surface area contributed by atoms with E-state index in [1.54, 1.807) is 25.2 Å². The molecule has 7 heteroatoms. The normalized spacial score (nSPS) is 11.1. The van der Waals surface area contributed by atoms with Crippen LogP contribution in [0.15, 0.2) is 52.0 Å². The SMILES string of the molecule is CNc1cc(S(=O)(=O)Nc2cccc(Br)c2)ccn1. The standard InChI is InChI=1S/C12H12BrN3O2S/c1-14-12-8-11(5-6-15-12)19(17,18)16-10-4-2-3-9(13)7-10/h2-8,16H,1H3,(H,14,15). The molecule has 0 fully saturated rings. The Balaban J connectivity index is 2.32. The van der Waals surface area contributed by atoms with Crippen LogP contribution in [0.5, 0.6) is 0 Å². The average Bonchev–Trinajstić information content (AvgIpc) is 2.38. The maximum absolute atomic E-state index is 12.2. The summed E-state index contributed by atoms with van der Waals surface area (Å²) in [6, 6.07) is 9.87. The number of sulfonamides is 1. The number of benzene rings is 1. The molecule has 0 bridgehead atoms. The van der Waals surface area contributed by atoms with E-state index in [1.807, 2.05) is 6.07 Å². The number of nitrogens with one attached hydrogen (secondary N) is 2. The number of aromatic nitrogens is 1. The van der Waals surface area contributed by atoms with Crippen molar-refractivity contribution >= 4 is 37.5 Å². The molecule has 0 aliphatic rings. The van der Waals surface area contributed by atoms with E-state index in [-0.39, 0.29) is 4.90 Å². The number of halogens is 1. The molecule has 19 heavy (non-hydrogen) atoms. The lowest BCUT2D eigenvalue weighted by Gasteiger charge is -2.09. The molecule has 0 radical (unpaired) electrons. The van der Waals surface area contributed by atoms with Crippen molar-refractivity contribution in [1.82, 2.24) is 4.98 Å². The van der Waals surface area contributed by atoms with Gasteiger partial charge in [-0.3, -0.25) is 4.72 Å². The highest BCUT2D eigenvalue weighted by Gasteiger charge is 2.14. The second kappa shape index (κ2) is 5.58. The number of hydrogen-bond donors (Lipinski definition) is 2. The zero-order valence-electron chi connectivity index (χ0n) is 10.1. The maximum atomic E-state index is 12.2. The average molecular weight is 342 g/mol. The van der Waals surface area contributed by atoms with Crippen LogP contribution in [-0.4, -0.2) is 20.4 Å². The Bertz CT molecular complexity index is 689. The molecule has 0 unspecified atom stereocenters. The van der Waals surface area contributed by atoms with Crippen molar-refractivity contribution in [2.45, 2.75) is 4.90 Å². The van der Waals surface area contributed by atoms with Crippen molar-refractivity contribution in [1.29, 1.82) is 0 Å². The Morgan fingerprint density at radius 1 is 1.21 bits per heavy atom. The molecule has 1 aromatic carbocycles. The summed E-state index contributed by atoms with van der Waals surface area (Å²) in [4.78, 5) is 4.14. The van der Waals surface area contributed by atoms with Crippen molar-refractivity contribution < 1.29 is 8.42 Å². The molecule has 2 N–H and O–H groups in total. The van der Waals surface area contributed by atoms with Gasteiger partial charge in [-0.05, 0) is 24.3 Å². The van der Waals surface area contributed by atoms with Crippen LogP contribution in [0.3, 0.4) is 0 Å². The third-order valence-corrected chi connectivity index (χ3v) is 4.25. The fraction of sp³-hybridized carbons (Fsp3) is 0.0833. The third kappa shape index (κ3) is 3.45. The molecule has 0 atom stereocenters. The van der Waals surface area contributed by atoms with Crippen molar-refractivity contribution in [2.24, 2.45) is 0 Å². The van der Waals surface area contributed by atoms with E-state index in [1.165, 1.54) is 18.3 Å². The van der Waals surface area contributed by atoms with Crippen LogP contribution < -0.4 is 10.0 Å². The van der Waals surface area contributed by atoms with Gasteiger partial charge in [0, 0.05) is 29.5 Å². The highest BCUT2D eigenvalue weighted by atomic mass is 79.9. The molecule has 2 aromatic rings. The van der Waals surface area contributed by atoms with Gasteiger partial charge in [0.2, 0.25) is 0 Å². The Morgan fingerprint density at radius 3 is 2.68 bits per heavy atom. The number of nitrogens with zero attached hydrogens (tertiary/aromatic N) is 1. The Kier molecular flexibility index (Phi) is 4.06. The summed E-state index contributed by atoms with van der Waals surface area (Å²) >= 11 is 3.29. The molecular weight excluding hydrogens is 330 g/mol. The fourth-order valence-electron chi connectivity index (χ4n) is 1.48.